The molecule has 10 aliphatic rings. The summed E-state index contributed by atoms with van der Waals surface area (Å²) in [5, 5.41) is 0. The fourth-order valence-electron chi connectivity index (χ4n) is 12.6. The molecule has 0 aromatic rings. The third-order valence-electron chi connectivity index (χ3n) is 21.7. The lowest BCUT2D eigenvalue weighted by atomic mass is 9.64. The van der Waals surface area contributed by atoms with E-state index in [1.54, 1.807) is 0 Å². The van der Waals surface area contributed by atoms with Gasteiger partial charge in [-0.2, -0.15) is 0 Å². The number of hydrogen-bond donors (Lipinski definition) is 0. The van der Waals surface area contributed by atoms with E-state index < -0.39 is 0 Å². The van der Waals surface area contributed by atoms with Crippen LogP contribution in [0.1, 0.15) is 363 Å². The molecule has 70 heavy (non-hydrogen) atoms. The second-order valence-corrected chi connectivity index (χ2v) is 29.5. The highest BCUT2D eigenvalue weighted by Crippen LogP contribution is 2.46. The molecule has 5 atom stereocenters. The molecule has 0 heterocycles. The third-order valence-corrected chi connectivity index (χ3v) is 21.7. The van der Waals surface area contributed by atoms with Gasteiger partial charge in [0.25, 0.3) is 0 Å². The van der Waals surface area contributed by atoms with Gasteiger partial charge in [-0.15, -0.1) is 0 Å². The van der Waals surface area contributed by atoms with Crippen molar-refractivity contribution in [3.05, 3.63) is 0 Å². The van der Waals surface area contributed by atoms with Crippen molar-refractivity contribution in [3.8, 4) is 0 Å². The van der Waals surface area contributed by atoms with Gasteiger partial charge >= 0.3 is 0 Å². The van der Waals surface area contributed by atoms with Crippen LogP contribution in [0.3, 0.4) is 0 Å². The summed E-state index contributed by atoms with van der Waals surface area (Å²) in [7, 11) is 0. The van der Waals surface area contributed by atoms with Crippen LogP contribution in [0.25, 0.3) is 0 Å². The summed E-state index contributed by atoms with van der Waals surface area (Å²) in [5.74, 6) is 11.6. The Hall–Kier alpha value is 0. The highest BCUT2D eigenvalue weighted by molar-refractivity contribution is 4.85. The minimum atomic E-state index is 0.681. The van der Waals surface area contributed by atoms with Gasteiger partial charge in [0.2, 0.25) is 0 Å². The standard InChI is InChI=1S/10C7H14/c1-6-4-5-7(6,2)3;1-6-3-4-7(2)5-6;1-7(2)5-3-4-6-7;1-6(2)7-4-3-5-7;1-3-7-4-6(2)5-7;2*1-3-7(2)5-4-6-7;1-3-7-5-4-6(7)2;1-2-7-5-3-4-6-7;1-2-4-7-5-3-6-7/h6H,4-5H2,1-3H3;6-7H,3-5H2,1-2H3;3-6H2,1-2H3;2*6-7H,3-5H2,1-2H3;2*3-6H2,1-2H3;6-7H,3-5H2,1-2H3;2*7H,2-6H2,1H3/t6-;6-,7?;;;;;;6-,7?;;/m01.....0../s1. The van der Waals surface area contributed by atoms with Crippen molar-refractivity contribution >= 4 is 0 Å². The summed E-state index contributed by atoms with van der Waals surface area (Å²) in [6, 6.07) is 0. The Morgan fingerprint density at radius 1 is 0.400 bits per heavy atom. The SMILES string of the molecule is CC(C)C1CCC1.CC1(C)CCCC1.CC1CC[C@@H](C)C1.CCC1(C)CCC1.CCC1(C)CCC1.CCC1CC(C)C1.CCC1CCCC1.CCC1CC[C@@H]1C.CCCC1CCC1.C[C@H]1CCC1(C)C. The van der Waals surface area contributed by atoms with Crippen molar-refractivity contribution in [2.24, 2.45) is 86.8 Å². The maximum absolute atomic E-state index is 2.39. The zero-order chi connectivity index (χ0) is 52.8. The molecule has 0 aliphatic heterocycles. The smallest absolute Gasteiger partial charge is 0.0328 e. The first-order valence-electron chi connectivity index (χ1n) is 33.0. The lowest BCUT2D eigenvalue weighted by molar-refractivity contribution is 0.0892. The first kappa shape index (κ1) is 68.0. The third kappa shape index (κ3) is 29.9. The fraction of sp³-hybridized carbons (Fsp3) is 1.00. The van der Waals surface area contributed by atoms with Gasteiger partial charge in [0.05, 0.1) is 0 Å². The Bertz CT molecular complexity index is 1100. The largest absolute Gasteiger partial charge is 0.0654 e. The second kappa shape index (κ2) is 36.9. The average molecular weight is 982 g/mol. The van der Waals surface area contributed by atoms with E-state index >= 15 is 0 Å². The zero-order valence-corrected chi connectivity index (χ0v) is 52.8. The van der Waals surface area contributed by atoms with E-state index in [1.807, 2.05) is 0 Å². The van der Waals surface area contributed by atoms with Gasteiger partial charge in [-0.05, 0) is 164 Å². The van der Waals surface area contributed by atoms with E-state index in [2.05, 4.69) is 132 Å². The molecule has 0 heteroatoms. The first-order chi connectivity index (χ1) is 33.0. The van der Waals surface area contributed by atoms with Crippen LogP contribution in [0.5, 0.6) is 0 Å². The lowest BCUT2D eigenvalue weighted by Gasteiger charge is -2.42. The van der Waals surface area contributed by atoms with Crippen LogP contribution in [0, 0.1) is 86.8 Å². The van der Waals surface area contributed by atoms with Crippen molar-refractivity contribution in [2.45, 2.75) is 363 Å². The first-order valence-corrected chi connectivity index (χ1v) is 33.0. The molecule has 10 saturated carbocycles. The minimum Gasteiger partial charge on any atom is -0.0654 e. The molecule has 2 unspecified atom stereocenters. The highest BCUT2D eigenvalue weighted by atomic mass is 14.4. The van der Waals surface area contributed by atoms with Crippen molar-refractivity contribution in [3.63, 3.8) is 0 Å². The summed E-state index contributed by atoms with van der Waals surface area (Å²) < 4.78 is 0. The molecule has 0 aromatic heterocycles. The van der Waals surface area contributed by atoms with Crippen LogP contribution in [0.4, 0.5) is 0 Å². The summed E-state index contributed by atoms with van der Waals surface area (Å²) >= 11 is 0. The number of rotatable bonds is 8. The Labute approximate surface area is 447 Å². The van der Waals surface area contributed by atoms with E-state index in [0.29, 0.717) is 10.8 Å². The molecule has 0 spiro atoms. The molecule has 0 bridgehead atoms. The summed E-state index contributed by atoms with van der Waals surface area (Å²) in [4.78, 5) is 0. The van der Waals surface area contributed by atoms with Crippen molar-refractivity contribution in [1.82, 2.24) is 0 Å². The summed E-state index contributed by atoms with van der Waals surface area (Å²) in [6.45, 7) is 44.3. The molecule has 0 amide bonds. The average Bonchev–Trinajstić information content (AvgIpc) is 4.04. The van der Waals surface area contributed by atoms with E-state index in [-0.39, 0.29) is 0 Å². The molecule has 0 aromatic carbocycles. The Kier molecular flexibility index (Phi) is 35.8. The number of hydrogen-bond acceptors (Lipinski definition) is 0. The van der Waals surface area contributed by atoms with Gasteiger partial charge in [-0.1, -0.05) is 286 Å². The highest BCUT2D eigenvalue weighted by Gasteiger charge is 2.34. The van der Waals surface area contributed by atoms with E-state index in [9.17, 15) is 0 Å². The monoisotopic (exact) mass is 981 g/mol. The topological polar surface area (TPSA) is 0 Å². The quantitative estimate of drug-likeness (QED) is 0.227. The van der Waals surface area contributed by atoms with Gasteiger partial charge in [0, 0.05) is 0 Å². The maximum atomic E-state index is 2.39. The predicted octanol–water partition coefficient (Wildman–Crippen LogP) is 25.1. The Morgan fingerprint density at radius 2 is 0.857 bits per heavy atom. The predicted molar refractivity (Wildman–Crippen MR) is 322 cm³/mol. The van der Waals surface area contributed by atoms with E-state index in [1.165, 1.54) is 231 Å². The van der Waals surface area contributed by atoms with Crippen LogP contribution >= 0.6 is 0 Å². The van der Waals surface area contributed by atoms with Gasteiger partial charge in [-0.3, -0.25) is 0 Å². The molecular formula is C70H140. The fourth-order valence-corrected chi connectivity index (χ4v) is 12.6. The molecule has 0 radical (unpaired) electrons. The van der Waals surface area contributed by atoms with Gasteiger partial charge in [0.1, 0.15) is 0 Å². The van der Waals surface area contributed by atoms with Gasteiger partial charge in [0.15, 0.2) is 0 Å². The Morgan fingerprint density at radius 3 is 0.943 bits per heavy atom. The van der Waals surface area contributed by atoms with E-state index in [4.69, 9.17) is 0 Å². The molecule has 10 rings (SSSR count). The summed E-state index contributed by atoms with van der Waals surface area (Å²) in [6.07, 6.45) is 52.9. The normalized spacial score (nSPS) is 30.9. The summed E-state index contributed by atoms with van der Waals surface area (Å²) in [5.41, 5.74) is 2.90. The molecule has 0 saturated heterocycles. The van der Waals surface area contributed by atoms with Crippen LogP contribution < -0.4 is 0 Å². The maximum Gasteiger partial charge on any atom is -0.0328 e. The molecular weight excluding hydrogens is 841 g/mol. The molecule has 0 nitrogen and oxygen atoms in total. The minimum absolute atomic E-state index is 0.681. The van der Waals surface area contributed by atoms with Crippen LogP contribution in [-0.4, -0.2) is 0 Å². The molecule has 0 N–H and O–H groups in total. The zero-order valence-electron chi connectivity index (χ0n) is 52.8. The lowest BCUT2D eigenvalue weighted by Crippen LogP contribution is -2.31. The van der Waals surface area contributed by atoms with Crippen molar-refractivity contribution < 1.29 is 0 Å². The van der Waals surface area contributed by atoms with Crippen LogP contribution in [0.15, 0.2) is 0 Å². The van der Waals surface area contributed by atoms with Gasteiger partial charge in [-0.25, -0.2) is 0 Å². The second-order valence-electron chi connectivity index (χ2n) is 29.5. The molecule has 10 aliphatic carbocycles. The van der Waals surface area contributed by atoms with Crippen molar-refractivity contribution in [1.29, 1.82) is 0 Å². The van der Waals surface area contributed by atoms with Crippen molar-refractivity contribution in [2.75, 3.05) is 0 Å². The Balaban J connectivity index is 0.000000389. The van der Waals surface area contributed by atoms with Gasteiger partial charge < -0.3 is 0 Å². The van der Waals surface area contributed by atoms with Crippen LogP contribution in [-0.2, 0) is 0 Å². The molecule has 420 valence electrons. The van der Waals surface area contributed by atoms with E-state index in [0.717, 1.165) is 75.9 Å². The van der Waals surface area contributed by atoms with Crippen LogP contribution in [0.2, 0.25) is 0 Å². The molecule has 10 fully saturated rings.